The zero-order valence-electron chi connectivity index (χ0n) is 14.1. The molecule has 0 saturated carbocycles. The van der Waals surface area contributed by atoms with Crippen LogP contribution in [0, 0.1) is 0 Å². The van der Waals surface area contributed by atoms with Gasteiger partial charge in [-0.1, -0.05) is 30.3 Å². The van der Waals surface area contributed by atoms with E-state index in [-0.39, 0.29) is 30.0 Å². The lowest BCUT2D eigenvalue weighted by molar-refractivity contribution is -0.121. The van der Waals surface area contributed by atoms with Gasteiger partial charge in [-0.05, 0) is 31.0 Å². The average molecular weight is 362 g/mol. The van der Waals surface area contributed by atoms with Crippen molar-refractivity contribution in [2.24, 2.45) is 0 Å². The molecule has 0 unspecified atom stereocenters. The summed E-state index contributed by atoms with van der Waals surface area (Å²) in [7, 11) is -3.06. The summed E-state index contributed by atoms with van der Waals surface area (Å²) in [6, 6.07) is 13.1. The Morgan fingerprint density at radius 3 is 2.60 bits per heavy atom. The van der Waals surface area contributed by atoms with E-state index in [1.807, 2.05) is 36.4 Å². The van der Waals surface area contributed by atoms with E-state index in [1.165, 1.54) is 0 Å². The van der Waals surface area contributed by atoms with Crippen LogP contribution in [0.1, 0.15) is 30.7 Å². The first-order valence-electron chi connectivity index (χ1n) is 8.20. The Morgan fingerprint density at radius 1 is 1.24 bits per heavy atom. The van der Waals surface area contributed by atoms with Gasteiger partial charge in [0.05, 0.1) is 35.9 Å². The minimum absolute atomic E-state index is 0.00790. The fraction of sp³-hybridized carbons (Fsp3) is 0.389. The first-order valence-corrected chi connectivity index (χ1v) is 10.0. The van der Waals surface area contributed by atoms with Gasteiger partial charge >= 0.3 is 0 Å². The van der Waals surface area contributed by atoms with Gasteiger partial charge in [0, 0.05) is 0 Å². The second-order valence-corrected chi connectivity index (χ2v) is 8.87. The highest BCUT2D eigenvalue weighted by Crippen LogP contribution is 2.24. The molecule has 2 atom stereocenters. The third-order valence-corrected chi connectivity index (χ3v) is 6.27. The molecular formula is C18H22N2O4S. The second-order valence-electron chi connectivity index (χ2n) is 6.69. The molecule has 6 nitrogen and oxygen atoms in total. The number of amides is 1. The third kappa shape index (κ3) is 4.49. The van der Waals surface area contributed by atoms with E-state index in [1.54, 1.807) is 19.3 Å². The molecular weight excluding hydrogens is 340 g/mol. The van der Waals surface area contributed by atoms with Crippen LogP contribution in [0.4, 0.5) is 0 Å². The van der Waals surface area contributed by atoms with Crippen molar-refractivity contribution < 1.29 is 17.6 Å². The predicted octanol–water partition coefficient (Wildman–Crippen LogP) is 1.65. The van der Waals surface area contributed by atoms with E-state index in [9.17, 15) is 13.2 Å². The summed E-state index contributed by atoms with van der Waals surface area (Å²) in [5.41, 5.74) is 0.296. The third-order valence-electron chi connectivity index (χ3n) is 4.37. The molecule has 1 aromatic heterocycles. The highest BCUT2D eigenvalue weighted by Gasteiger charge is 2.39. The Balaban J connectivity index is 1.65. The lowest BCUT2D eigenvalue weighted by Crippen LogP contribution is -2.50. The summed E-state index contributed by atoms with van der Waals surface area (Å²) in [5, 5.41) is 6.05. The lowest BCUT2D eigenvalue weighted by Gasteiger charge is -2.25. The Labute approximate surface area is 147 Å². The van der Waals surface area contributed by atoms with Gasteiger partial charge in [0.15, 0.2) is 9.84 Å². The van der Waals surface area contributed by atoms with Crippen molar-refractivity contribution in [1.82, 2.24) is 10.6 Å². The van der Waals surface area contributed by atoms with Crippen molar-refractivity contribution in [1.29, 1.82) is 0 Å². The van der Waals surface area contributed by atoms with E-state index < -0.39 is 15.4 Å². The van der Waals surface area contributed by atoms with Crippen LogP contribution >= 0.6 is 0 Å². The SMILES string of the molecule is C[C@@]1(NC(=O)CN[C@H](c2ccccc2)c2ccco2)CCS(=O)(=O)C1. The fourth-order valence-electron chi connectivity index (χ4n) is 3.17. The van der Waals surface area contributed by atoms with Crippen LogP contribution in [0.15, 0.2) is 53.1 Å². The standard InChI is InChI=1S/C18H22N2O4S/c1-18(9-11-25(22,23)13-18)20-16(21)12-19-17(15-8-5-10-24-15)14-6-3-2-4-7-14/h2-8,10,17,19H,9,11-13H2,1H3,(H,20,21)/t17-,18-/m1/s1. The zero-order chi connectivity index (χ0) is 17.9. The van der Waals surface area contributed by atoms with Gasteiger partial charge in [0.2, 0.25) is 5.91 Å². The smallest absolute Gasteiger partial charge is 0.234 e. The molecule has 1 aliphatic rings. The Bertz CT molecular complexity index is 818. The summed E-state index contributed by atoms with van der Waals surface area (Å²) in [6.07, 6.45) is 2.04. The van der Waals surface area contributed by atoms with Crippen molar-refractivity contribution in [3.63, 3.8) is 0 Å². The molecule has 3 rings (SSSR count). The highest BCUT2D eigenvalue weighted by atomic mass is 32.2. The maximum atomic E-state index is 12.3. The molecule has 2 N–H and O–H groups in total. The number of hydrogen-bond acceptors (Lipinski definition) is 5. The maximum Gasteiger partial charge on any atom is 0.234 e. The minimum Gasteiger partial charge on any atom is -0.467 e. The van der Waals surface area contributed by atoms with E-state index >= 15 is 0 Å². The first-order chi connectivity index (χ1) is 11.9. The first kappa shape index (κ1) is 17.7. The molecule has 1 aliphatic heterocycles. The molecule has 0 aliphatic carbocycles. The zero-order valence-corrected chi connectivity index (χ0v) is 14.9. The topological polar surface area (TPSA) is 88.4 Å². The maximum absolute atomic E-state index is 12.3. The molecule has 134 valence electrons. The number of hydrogen-bond donors (Lipinski definition) is 2. The molecule has 1 saturated heterocycles. The normalized spacial score (nSPS) is 23.2. The fourth-order valence-corrected chi connectivity index (χ4v) is 5.26. The molecule has 0 spiro atoms. The van der Waals surface area contributed by atoms with Gasteiger partial charge in [-0.15, -0.1) is 0 Å². The van der Waals surface area contributed by atoms with Crippen LogP contribution < -0.4 is 10.6 Å². The van der Waals surface area contributed by atoms with Crippen LogP contribution in [0.25, 0.3) is 0 Å². The second kappa shape index (κ2) is 7.01. The molecule has 1 fully saturated rings. The Morgan fingerprint density at radius 2 is 2.00 bits per heavy atom. The summed E-state index contributed by atoms with van der Waals surface area (Å²) in [4.78, 5) is 12.3. The molecule has 25 heavy (non-hydrogen) atoms. The lowest BCUT2D eigenvalue weighted by atomic mass is 10.0. The molecule has 2 aromatic rings. The van der Waals surface area contributed by atoms with Gasteiger partial charge in [0.25, 0.3) is 0 Å². The minimum atomic E-state index is -3.06. The number of carbonyl (C=O) groups excluding carboxylic acids is 1. The van der Waals surface area contributed by atoms with Gasteiger partial charge in [-0.2, -0.15) is 0 Å². The monoisotopic (exact) mass is 362 g/mol. The highest BCUT2D eigenvalue weighted by molar-refractivity contribution is 7.91. The predicted molar refractivity (Wildman–Crippen MR) is 94.8 cm³/mol. The van der Waals surface area contributed by atoms with Crippen LogP contribution in [-0.4, -0.2) is 37.9 Å². The molecule has 1 aromatic carbocycles. The van der Waals surface area contributed by atoms with Crippen LogP contribution in [0.5, 0.6) is 0 Å². The van der Waals surface area contributed by atoms with Crippen molar-refractivity contribution in [3.8, 4) is 0 Å². The molecule has 0 radical (unpaired) electrons. The van der Waals surface area contributed by atoms with Crippen molar-refractivity contribution in [2.45, 2.75) is 24.9 Å². The van der Waals surface area contributed by atoms with E-state index in [2.05, 4.69) is 10.6 Å². The summed E-state index contributed by atoms with van der Waals surface area (Å²) >= 11 is 0. The van der Waals surface area contributed by atoms with Gasteiger partial charge < -0.3 is 9.73 Å². The quantitative estimate of drug-likeness (QED) is 0.816. The van der Waals surface area contributed by atoms with Crippen molar-refractivity contribution in [2.75, 3.05) is 18.1 Å². The number of nitrogens with one attached hydrogen (secondary N) is 2. The number of rotatable bonds is 6. The number of benzene rings is 1. The summed E-state index contributed by atoms with van der Waals surface area (Å²) in [5.74, 6) is 0.600. The Kier molecular flexibility index (Phi) is 4.96. The van der Waals surface area contributed by atoms with Gasteiger partial charge in [0.1, 0.15) is 5.76 Å². The van der Waals surface area contributed by atoms with Crippen molar-refractivity contribution >= 4 is 15.7 Å². The number of sulfone groups is 1. The van der Waals surface area contributed by atoms with Crippen molar-refractivity contribution in [3.05, 3.63) is 60.1 Å². The molecule has 0 bridgehead atoms. The summed E-state index contributed by atoms with van der Waals surface area (Å²) < 4.78 is 28.8. The van der Waals surface area contributed by atoms with E-state index in [0.717, 1.165) is 5.56 Å². The number of furan rings is 1. The molecule has 2 heterocycles. The molecule has 7 heteroatoms. The van der Waals surface area contributed by atoms with Gasteiger partial charge in [-0.25, -0.2) is 8.42 Å². The average Bonchev–Trinajstić information content (AvgIpc) is 3.17. The Hall–Kier alpha value is -2.12. The summed E-state index contributed by atoms with van der Waals surface area (Å²) in [6.45, 7) is 1.84. The largest absolute Gasteiger partial charge is 0.467 e. The number of carbonyl (C=O) groups is 1. The van der Waals surface area contributed by atoms with Crippen LogP contribution in [0.3, 0.4) is 0 Å². The van der Waals surface area contributed by atoms with E-state index in [4.69, 9.17) is 4.42 Å². The van der Waals surface area contributed by atoms with Gasteiger partial charge in [-0.3, -0.25) is 10.1 Å². The molecule has 1 amide bonds. The van der Waals surface area contributed by atoms with Crippen LogP contribution in [-0.2, 0) is 14.6 Å². The van der Waals surface area contributed by atoms with E-state index in [0.29, 0.717) is 12.2 Å². The van der Waals surface area contributed by atoms with Crippen LogP contribution in [0.2, 0.25) is 0 Å².